The molecule has 2 heteroatoms. The Morgan fingerprint density at radius 2 is 1.89 bits per heavy atom. The van der Waals surface area contributed by atoms with E-state index in [-0.39, 0.29) is 11.2 Å². The van der Waals surface area contributed by atoms with Crippen LogP contribution in [-0.4, -0.2) is 13.1 Å². The molecule has 0 spiro atoms. The predicted molar refractivity (Wildman–Crippen MR) is 76.4 cm³/mol. The highest BCUT2D eigenvalue weighted by molar-refractivity contribution is 5.26. The molecular formula is C16H26FN. The first-order valence-corrected chi connectivity index (χ1v) is 7.01. The van der Waals surface area contributed by atoms with Crippen LogP contribution in [0.15, 0.2) is 24.3 Å². The van der Waals surface area contributed by atoms with Crippen LogP contribution in [0.2, 0.25) is 0 Å². The Morgan fingerprint density at radius 1 is 1.22 bits per heavy atom. The van der Waals surface area contributed by atoms with E-state index >= 15 is 0 Å². The normalized spacial score (nSPS) is 12.1. The van der Waals surface area contributed by atoms with Gasteiger partial charge < -0.3 is 5.32 Å². The Morgan fingerprint density at radius 3 is 2.39 bits per heavy atom. The SMILES string of the molecule is CCC(CC)(CNCC(C)C)c1cccc(F)c1. The molecule has 0 fully saturated rings. The summed E-state index contributed by atoms with van der Waals surface area (Å²) in [5.74, 6) is 0.506. The first kappa shape index (κ1) is 15.2. The zero-order valence-electron chi connectivity index (χ0n) is 12.1. The maximum absolute atomic E-state index is 13.4. The second-order valence-electron chi connectivity index (χ2n) is 5.52. The lowest BCUT2D eigenvalue weighted by Gasteiger charge is -2.33. The minimum Gasteiger partial charge on any atom is -0.316 e. The standard InChI is InChI=1S/C16H26FN/c1-5-16(6-2,12-18-11-13(3)4)14-8-7-9-15(17)10-14/h7-10,13,18H,5-6,11-12H2,1-4H3. The van der Waals surface area contributed by atoms with E-state index in [4.69, 9.17) is 0 Å². The number of halogens is 1. The van der Waals surface area contributed by atoms with Gasteiger partial charge in [0.25, 0.3) is 0 Å². The van der Waals surface area contributed by atoms with Gasteiger partial charge in [-0.3, -0.25) is 0 Å². The van der Waals surface area contributed by atoms with Gasteiger partial charge in [-0.1, -0.05) is 39.8 Å². The van der Waals surface area contributed by atoms with E-state index in [9.17, 15) is 4.39 Å². The average Bonchev–Trinajstić information content (AvgIpc) is 2.35. The summed E-state index contributed by atoms with van der Waals surface area (Å²) in [4.78, 5) is 0. The molecule has 1 aromatic rings. The Hall–Kier alpha value is -0.890. The molecule has 0 bridgehead atoms. The highest BCUT2D eigenvalue weighted by Gasteiger charge is 2.28. The van der Waals surface area contributed by atoms with Crippen molar-refractivity contribution in [2.45, 2.75) is 46.0 Å². The Bertz CT molecular complexity index is 356. The van der Waals surface area contributed by atoms with Crippen molar-refractivity contribution in [2.75, 3.05) is 13.1 Å². The van der Waals surface area contributed by atoms with E-state index in [0.29, 0.717) is 5.92 Å². The van der Waals surface area contributed by atoms with Crippen LogP contribution in [-0.2, 0) is 5.41 Å². The topological polar surface area (TPSA) is 12.0 Å². The molecule has 0 atom stereocenters. The molecule has 0 amide bonds. The van der Waals surface area contributed by atoms with Gasteiger partial charge in [-0.2, -0.15) is 0 Å². The Kier molecular flexibility index (Phi) is 5.80. The van der Waals surface area contributed by atoms with Crippen molar-refractivity contribution in [3.8, 4) is 0 Å². The fourth-order valence-corrected chi connectivity index (χ4v) is 2.43. The molecule has 1 aromatic carbocycles. The highest BCUT2D eigenvalue weighted by atomic mass is 19.1. The van der Waals surface area contributed by atoms with E-state index in [1.54, 1.807) is 6.07 Å². The molecule has 102 valence electrons. The molecule has 0 aromatic heterocycles. The number of rotatable bonds is 7. The molecule has 0 saturated carbocycles. The van der Waals surface area contributed by atoms with Gasteiger partial charge in [-0.05, 0) is 43.0 Å². The smallest absolute Gasteiger partial charge is 0.123 e. The fraction of sp³-hybridized carbons (Fsp3) is 0.625. The van der Waals surface area contributed by atoms with Crippen molar-refractivity contribution in [2.24, 2.45) is 5.92 Å². The second kappa shape index (κ2) is 6.89. The number of hydrogen-bond donors (Lipinski definition) is 1. The van der Waals surface area contributed by atoms with Crippen LogP contribution in [0.1, 0.15) is 46.1 Å². The molecule has 1 N–H and O–H groups in total. The van der Waals surface area contributed by atoms with E-state index in [1.165, 1.54) is 6.07 Å². The van der Waals surface area contributed by atoms with Gasteiger partial charge >= 0.3 is 0 Å². The molecule has 0 heterocycles. The average molecular weight is 251 g/mol. The van der Waals surface area contributed by atoms with Crippen molar-refractivity contribution in [1.29, 1.82) is 0 Å². The van der Waals surface area contributed by atoms with Crippen LogP contribution in [0, 0.1) is 11.7 Å². The highest BCUT2D eigenvalue weighted by Crippen LogP contribution is 2.31. The molecule has 0 radical (unpaired) electrons. The summed E-state index contributed by atoms with van der Waals surface area (Å²) in [6.07, 6.45) is 2.05. The minimum atomic E-state index is -0.136. The molecule has 0 aliphatic rings. The van der Waals surface area contributed by atoms with Crippen LogP contribution in [0.5, 0.6) is 0 Å². The molecule has 0 saturated heterocycles. The molecule has 0 aliphatic carbocycles. The summed E-state index contributed by atoms with van der Waals surface area (Å²) in [5.41, 5.74) is 1.17. The Balaban J connectivity index is 2.85. The Labute approximate surface area is 111 Å². The monoisotopic (exact) mass is 251 g/mol. The van der Waals surface area contributed by atoms with Gasteiger partial charge in [0.2, 0.25) is 0 Å². The molecule has 0 aliphatic heterocycles. The minimum absolute atomic E-state index is 0.0526. The largest absolute Gasteiger partial charge is 0.316 e. The van der Waals surface area contributed by atoms with E-state index in [2.05, 4.69) is 33.0 Å². The summed E-state index contributed by atoms with van der Waals surface area (Å²) in [6.45, 7) is 10.7. The zero-order chi connectivity index (χ0) is 13.6. The van der Waals surface area contributed by atoms with Crippen LogP contribution in [0.4, 0.5) is 4.39 Å². The van der Waals surface area contributed by atoms with Gasteiger partial charge in [0.1, 0.15) is 5.82 Å². The van der Waals surface area contributed by atoms with E-state index in [0.717, 1.165) is 31.5 Å². The molecular weight excluding hydrogens is 225 g/mol. The maximum Gasteiger partial charge on any atom is 0.123 e. The van der Waals surface area contributed by atoms with E-state index < -0.39 is 0 Å². The summed E-state index contributed by atoms with van der Waals surface area (Å²) >= 11 is 0. The summed E-state index contributed by atoms with van der Waals surface area (Å²) in [6, 6.07) is 7.06. The molecule has 0 unspecified atom stereocenters. The van der Waals surface area contributed by atoms with Crippen LogP contribution >= 0.6 is 0 Å². The van der Waals surface area contributed by atoms with Crippen LogP contribution in [0.3, 0.4) is 0 Å². The van der Waals surface area contributed by atoms with Gasteiger partial charge in [0.05, 0.1) is 0 Å². The van der Waals surface area contributed by atoms with Crippen LogP contribution < -0.4 is 5.32 Å². The maximum atomic E-state index is 13.4. The number of nitrogens with one attached hydrogen (secondary N) is 1. The summed E-state index contributed by atoms with van der Waals surface area (Å²) < 4.78 is 13.4. The van der Waals surface area contributed by atoms with Gasteiger partial charge in [-0.15, -0.1) is 0 Å². The fourth-order valence-electron chi connectivity index (χ4n) is 2.43. The number of hydrogen-bond acceptors (Lipinski definition) is 1. The molecule has 1 rings (SSSR count). The van der Waals surface area contributed by atoms with Crippen molar-refractivity contribution >= 4 is 0 Å². The van der Waals surface area contributed by atoms with Crippen LogP contribution in [0.25, 0.3) is 0 Å². The third-order valence-corrected chi connectivity index (χ3v) is 3.81. The molecule has 1 nitrogen and oxygen atoms in total. The van der Waals surface area contributed by atoms with Gasteiger partial charge in [-0.25, -0.2) is 4.39 Å². The second-order valence-corrected chi connectivity index (χ2v) is 5.52. The lowest BCUT2D eigenvalue weighted by Crippen LogP contribution is -2.38. The number of benzene rings is 1. The first-order valence-electron chi connectivity index (χ1n) is 7.01. The van der Waals surface area contributed by atoms with Crippen molar-refractivity contribution in [3.05, 3.63) is 35.6 Å². The van der Waals surface area contributed by atoms with Gasteiger partial charge in [0, 0.05) is 12.0 Å². The summed E-state index contributed by atoms with van der Waals surface area (Å²) in [7, 11) is 0. The zero-order valence-corrected chi connectivity index (χ0v) is 12.1. The third-order valence-electron chi connectivity index (χ3n) is 3.81. The van der Waals surface area contributed by atoms with Crippen molar-refractivity contribution < 1.29 is 4.39 Å². The lowest BCUT2D eigenvalue weighted by atomic mass is 9.75. The van der Waals surface area contributed by atoms with Gasteiger partial charge in [0.15, 0.2) is 0 Å². The molecule has 18 heavy (non-hydrogen) atoms. The quantitative estimate of drug-likeness (QED) is 0.768. The third kappa shape index (κ3) is 3.81. The van der Waals surface area contributed by atoms with Crippen molar-refractivity contribution in [3.63, 3.8) is 0 Å². The lowest BCUT2D eigenvalue weighted by molar-refractivity contribution is 0.357. The van der Waals surface area contributed by atoms with E-state index in [1.807, 2.05) is 12.1 Å². The first-order chi connectivity index (χ1) is 8.54. The summed E-state index contributed by atoms with van der Waals surface area (Å²) in [5, 5.41) is 3.52. The van der Waals surface area contributed by atoms with Crippen molar-refractivity contribution in [1.82, 2.24) is 5.32 Å². The predicted octanol–water partition coefficient (Wildman–Crippen LogP) is 4.13.